The lowest BCUT2D eigenvalue weighted by Crippen LogP contribution is -2.39. The molecule has 0 atom stereocenters. The van der Waals surface area contributed by atoms with Gasteiger partial charge in [-0.15, -0.1) is 0 Å². The summed E-state index contributed by atoms with van der Waals surface area (Å²) in [5.41, 5.74) is -1.10. The number of alkyl halides is 6. The molecule has 0 bridgehead atoms. The van der Waals surface area contributed by atoms with Crippen LogP contribution < -0.4 is 5.32 Å². The SMILES string of the molecule is CCCCN(CC(=O)Nc1cc(-c2ccccc2)nn1-c1ccc(C)cc1)C(=O)c1cc(C(F)(F)F)cc(C(F)(F)F)c1. The summed E-state index contributed by atoms with van der Waals surface area (Å²) in [5.74, 6) is -1.58. The molecule has 0 fully saturated rings. The van der Waals surface area contributed by atoms with Crippen molar-refractivity contribution in [2.24, 2.45) is 0 Å². The first-order valence-electron chi connectivity index (χ1n) is 13.4. The van der Waals surface area contributed by atoms with Gasteiger partial charge in [0.15, 0.2) is 0 Å². The largest absolute Gasteiger partial charge is 0.416 e. The third-order valence-electron chi connectivity index (χ3n) is 6.56. The Kier molecular flexibility index (Phi) is 9.27. The maximum atomic E-state index is 13.4. The molecule has 0 spiro atoms. The molecule has 0 unspecified atom stereocenters. The van der Waals surface area contributed by atoms with Gasteiger partial charge >= 0.3 is 12.4 Å². The van der Waals surface area contributed by atoms with Crippen molar-refractivity contribution in [3.8, 4) is 16.9 Å². The van der Waals surface area contributed by atoms with Crippen molar-refractivity contribution in [1.82, 2.24) is 14.7 Å². The van der Waals surface area contributed by atoms with E-state index in [1.165, 1.54) is 4.68 Å². The molecule has 1 aromatic heterocycles. The predicted molar refractivity (Wildman–Crippen MR) is 150 cm³/mol. The minimum atomic E-state index is -5.12. The van der Waals surface area contributed by atoms with E-state index in [2.05, 4.69) is 10.4 Å². The van der Waals surface area contributed by atoms with Crippen molar-refractivity contribution in [2.75, 3.05) is 18.4 Å². The number of nitrogens with zero attached hydrogens (tertiary/aromatic N) is 3. The lowest BCUT2D eigenvalue weighted by molar-refractivity contribution is -0.143. The highest BCUT2D eigenvalue weighted by Crippen LogP contribution is 2.36. The molecule has 0 aliphatic rings. The number of nitrogens with one attached hydrogen (secondary N) is 1. The maximum absolute atomic E-state index is 13.4. The van der Waals surface area contributed by atoms with Gasteiger partial charge in [0.2, 0.25) is 5.91 Å². The van der Waals surface area contributed by atoms with Crippen LogP contribution in [0.2, 0.25) is 0 Å². The second kappa shape index (κ2) is 12.7. The standard InChI is InChI=1S/C31H28F6N4O2/c1-3-4-14-40(29(43)22-15-23(30(32,33)34)17-24(16-22)31(35,36)37)19-28(42)38-27-18-26(21-8-6-5-7-9-21)39-41(27)25-12-10-20(2)11-13-25/h5-13,15-18H,3-4,14,19H2,1-2H3,(H,38,42). The van der Waals surface area contributed by atoms with Gasteiger partial charge in [-0.3, -0.25) is 9.59 Å². The van der Waals surface area contributed by atoms with E-state index in [9.17, 15) is 35.9 Å². The van der Waals surface area contributed by atoms with E-state index < -0.39 is 47.4 Å². The van der Waals surface area contributed by atoms with E-state index in [1.54, 1.807) is 25.1 Å². The molecule has 2 amide bonds. The number of carbonyl (C=O) groups excluding carboxylic acids is 2. The van der Waals surface area contributed by atoms with Crippen LogP contribution in [-0.2, 0) is 17.1 Å². The fourth-order valence-electron chi connectivity index (χ4n) is 4.32. The molecular weight excluding hydrogens is 574 g/mol. The molecule has 4 rings (SSSR count). The number of amides is 2. The molecule has 1 heterocycles. The molecule has 1 N–H and O–H groups in total. The molecule has 12 heteroatoms. The highest BCUT2D eigenvalue weighted by molar-refractivity contribution is 5.99. The van der Waals surface area contributed by atoms with Crippen LogP contribution in [0, 0.1) is 6.92 Å². The van der Waals surface area contributed by atoms with Gasteiger partial charge in [-0.1, -0.05) is 61.4 Å². The number of anilines is 1. The Bertz CT molecular complexity index is 1550. The van der Waals surface area contributed by atoms with Gasteiger partial charge in [0.25, 0.3) is 5.91 Å². The Morgan fingerprint density at radius 1 is 0.860 bits per heavy atom. The number of aryl methyl sites for hydroxylation is 1. The summed E-state index contributed by atoms with van der Waals surface area (Å²) in [6.45, 7) is 3.03. The molecule has 0 saturated carbocycles. The zero-order valence-electron chi connectivity index (χ0n) is 23.3. The summed E-state index contributed by atoms with van der Waals surface area (Å²) < 4.78 is 82.0. The van der Waals surface area contributed by atoms with Crippen LogP contribution in [0.1, 0.15) is 46.8 Å². The summed E-state index contributed by atoms with van der Waals surface area (Å²) in [5, 5.41) is 7.32. The second-order valence-corrected chi connectivity index (χ2v) is 9.95. The van der Waals surface area contributed by atoms with E-state index >= 15 is 0 Å². The molecule has 0 aliphatic carbocycles. The van der Waals surface area contributed by atoms with E-state index in [4.69, 9.17) is 0 Å². The summed E-state index contributed by atoms with van der Waals surface area (Å²) >= 11 is 0. The number of halogens is 6. The van der Waals surface area contributed by atoms with E-state index in [0.717, 1.165) is 16.0 Å². The third kappa shape index (κ3) is 7.82. The highest BCUT2D eigenvalue weighted by Gasteiger charge is 2.38. The lowest BCUT2D eigenvalue weighted by Gasteiger charge is -2.23. The first-order valence-corrected chi connectivity index (χ1v) is 13.4. The van der Waals surface area contributed by atoms with Crippen molar-refractivity contribution in [2.45, 2.75) is 39.0 Å². The second-order valence-electron chi connectivity index (χ2n) is 9.95. The molecule has 6 nitrogen and oxygen atoms in total. The van der Waals surface area contributed by atoms with Crippen LogP contribution in [0.25, 0.3) is 16.9 Å². The molecule has 226 valence electrons. The van der Waals surface area contributed by atoms with Crippen LogP contribution in [0.4, 0.5) is 32.2 Å². The van der Waals surface area contributed by atoms with Gasteiger partial charge in [0.1, 0.15) is 12.4 Å². The number of rotatable bonds is 9. The Hall–Kier alpha value is -4.61. The third-order valence-corrected chi connectivity index (χ3v) is 6.56. The monoisotopic (exact) mass is 602 g/mol. The number of aromatic nitrogens is 2. The van der Waals surface area contributed by atoms with Crippen LogP contribution in [0.15, 0.2) is 78.9 Å². The Morgan fingerprint density at radius 3 is 2.02 bits per heavy atom. The summed E-state index contributed by atoms with van der Waals surface area (Å²) in [6, 6.07) is 18.8. The van der Waals surface area contributed by atoms with Gasteiger partial charge in [-0.25, -0.2) is 4.68 Å². The molecule has 0 saturated heterocycles. The van der Waals surface area contributed by atoms with Gasteiger partial charge in [-0.2, -0.15) is 31.4 Å². The van der Waals surface area contributed by atoms with Crippen LogP contribution in [0.5, 0.6) is 0 Å². The van der Waals surface area contributed by atoms with Gasteiger partial charge < -0.3 is 10.2 Å². The highest BCUT2D eigenvalue weighted by atomic mass is 19.4. The molecular formula is C31H28F6N4O2. The summed E-state index contributed by atoms with van der Waals surface area (Å²) in [7, 11) is 0. The Morgan fingerprint density at radius 2 is 1.47 bits per heavy atom. The van der Waals surface area contributed by atoms with Crippen molar-refractivity contribution in [3.05, 3.63) is 101 Å². The van der Waals surface area contributed by atoms with E-state index in [-0.39, 0.29) is 18.4 Å². The number of hydrogen-bond donors (Lipinski definition) is 1. The first-order chi connectivity index (χ1) is 20.3. The number of benzene rings is 3. The van der Waals surface area contributed by atoms with Crippen molar-refractivity contribution in [1.29, 1.82) is 0 Å². The van der Waals surface area contributed by atoms with Crippen LogP contribution >= 0.6 is 0 Å². The summed E-state index contributed by atoms with van der Waals surface area (Å²) in [6.07, 6.45) is -9.31. The normalized spacial score (nSPS) is 11.8. The molecule has 3 aromatic carbocycles. The maximum Gasteiger partial charge on any atom is 0.416 e. The average molecular weight is 603 g/mol. The van der Waals surface area contributed by atoms with Crippen molar-refractivity contribution >= 4 is 17.6 Å². The van der Waals surface area contributed by atoms with E-state index in [0.29, 0.717) is 36.4 Å². The smallest absolute Gasteiger partial charge is 0.329 e. The van der Waals surface area contributed by atoms with Gasteiger partial charge in [0, 0.05) is 23.7 Å². The first kappa shape index (κ1) is 31.3. The topological polar surface area (TPSA) is 67.2 Å². The molecule has 4 aromatic rings. The zero-order chi connectivity index (χ0) is 31.4. The zero-order valence-corrected chi connectivity index (χ0v) is 23.3. The Balaban J connectivity index is 1.65. The average Bonchev–Trinajstić information content (AvgIpc) is 3.38. The van der Waals surface area contributed by atoms with E-state index in [1.807, 2.05) is 49.4 Å². The molecule has 43 heavy (non-hydrogen) atoms. The summed E-state index contributed by atoms with van der Waals surface area (Å²) in [4.78, 5) is 27.5. The predicted octanol–water partition coefficient (Wildman–Crippen LogP) is 7.77. The van der Waals surface area contributed by atoms with Gasteiger partial charge in [-0.05, 0) is 43.7 Å². The quantitative estimate of drug-likeness (QED) is 0.199. The van der Waals surface area contributed by atoms with Crippen LogP contribution in [0.3, 0.4) is 0 Å². The van der Waals surface area contributed by atoms with Crippen LogP contribution in [-0.4, -0.2) is 39.6 Å². The fourth-order valence-corrected chi connectivity index (χ4v) is 4.32. The number of hydrogen-bond acceptors (Lipinski definition) is 3. The fraction of sp³-hybridized carbons (Fsp3) is 0.258. The minimum Gasteiger partial charge on any atom is -0.329 e. The molecule has 0 radical (unpaired) electrons. The number of carbonyl (C=O) groups is 2. The molecule has 0 aliphatic heterocycles. The van der Waals surface area contributed by atoms with Crippen molar-refractivity contribution < 1.29 is 35.9 Å². The van der Waals surface area contributed by atoms with Crippen molar-refractivity contribution in [3.63, 3.8) is 0 Å². The Labute approximate surface area is 243 Å². The minimum absolute atomic E-state index is 0.0452. The lowest BCUT2D eigenvalue weighted by atomic mass is 10.0. The number of unbranched alkanes of at least 4 members (excludes halogenated alkanes) is 1. The van der Waals surface area contributed by atoms with Gasteiger partial charge in [0.05, 0.1) is 22.5 Å².